The molecule has 2 aliphatic rings. The van der Waals surface area contributed by atoms with Crippen molar-refractivity contribution in [3.05, 3.63) is 33.9 Å². The van der Waals surface area contributed by atoms with E-state index in [1.807, 2.05) is 16.4 Å². The van der Waals surface area contributed by atoms with Gasteiger partial charge in [0.1, 0.15) is 5.69 Å². The molecule has 1 saturated heterocycles. The Labute approximate surface area is 114 Å². The van der Waals surface area contributed by atoms with Crippen LogP contribution in [0.4, 0.5) is 17.1 Å². The van der Waals surface area contributed by atoms with Gasteiger partial charge in [0, 0.05) is 30.3 Å². The summed E-state index contributed by atoms with van der Waals surface area (Å²) in [6, 6.07) is 3.50. The highest BCUT2D eigenvalue weighted by Crippen LogP contribution is 2.40. The van der Waals surface area contributed by atoms with Crippen molar-refractivity contribution in [2.75, 3.05) is 36.5 Å². The van der Waals surface area contributed by atoms with Gasteiger partial charge in [-0.25, -0.2) is 0 Å². The molecule has 1 N–H and O–H groups in total. The highest BCUT2D eigenvalue weighted by Gasteiger charge is 2.24. The van der Waals surface area contributed by atoms with Gasteiger partial charge in [-0.15, -0.1) is 0 Å². The summed E-state index contributed by atoms with van der Waals surface area (Å²) in [4.78, 5) is 13.9. The van der Waals surface area contributed by atoms with Gasteiger partial charge in [0.25, 0.3) is 5.69 Å². The molecule has 0 aliphatic carbocycles. The molecule has 0 spiro atoms. The zero-order valence-corrected chi connectivity index (χ0v) is 11.0. The van der Waals surface area contributed by atoms with Gasteiger partial charge in [-0.3, -0.25) is 10.1 Å². The Balaban J connectivity index is 2.03. The molecular formula is C12H13N3O3S. The Hall–Kier alpha value is -1.73. The normalized spacial score (nSPS) is 17.8. The van der Waals surface area contributed by atoms with Crippen molar-refractivity contribution in [2.45, 2.75) is 4.90 Å². The Morgan fingerprint density at radius 1 is 1.37 bits per heavy atom. The number of hydrogen-bond acceptors (Lipinski definition) is 6. The number of nitrogens with zero attached hydrogens (tertiary/aromatic N) is 2. The molecule has 2 aliphatic heterocycles. The molecule has 0 amide bonds. The van der Waals surface area contributed by atoms with E-state index in [1.54, 1.807) is 24.0 Å². The van der Waals surface area contributed by atoms with Crippen molar-refractivity contribution in [2.24, 2.45) is 0 Å². The van der Waals surface area contributed by atoms with E-state index in [9.17, 15) is 10.1 Å². The van der Waals surface area contributed by atoms with Gasteiger partial charge in [0.05, 0.1) is 23.8 Å². The van der Waals surface area contributed by atoms with Crippen LogP contribution in [-0.2, 0) is 4.74 Å². The average molecular weight is 279 g/mol. The lowest BCUT2D eigenvalue weighted by Gasteiger charge is -2.29. The van der Waals surface area contributed by atoms with Crippen LogP contribution in [0.5, 0.6) is 0 Å². The van der Waals surface area contributed by atoms with Gasteiger partial charge in [0.15, 0.2) is 0 Å². The summed E-state index contributed by atoms with van der Waals surface area (Å²) in [5, 5.41) is 16.2. The molecule has 7 heteroatoms. The van der Waals surface area contributed by atoms with Crippen molar-refractivity contribution in [1.29, 1.82) is 0 Å². The average Bonchev–Trinajstić information content (AvgIpc) is 2.46. The van der Waals surface area contributed by atoms with E-state index < -0.39 is 0 Å². The molecule has 3 rings (SSSR count). The fraction of sp³-hybridized carbons (Fsp3) is 0.333. The first-order chi connectivity index (χ1) is 9.25. The standard InChI is InChI=1S/C12H13N3O3S/c16-15(17)11-7-9-12(19-6-1-13-9)8-10(11)14-2-4-18-5-3-14/h1,6-8,13H,2-5H2. The first kappa shape index (κ1) is 12.3. The van der Waals surface area contributed by atoms with Crippen LogP contribution >= 0.6 is 11.8 Å². The molecule has 100 valence electrons. The molecule has 1 fully saturated rings. The van der Waals surface area contributed by atoms with Gasteiger partial charge < -0.3 is 15.0 Å². The Morgan fingerprint density at radius 2 is 2.16 bits per heavy atom. The largest absolute Gasteiger partial charge is 0.378 e. The second kappa shape index (κ2) is 5.10. The fourth-order valence-electron chi connectivity index (χ4n) is 2.20. The molecule has 0 aromatic heterocycles. The number of ether oxygens (including phenoxy) is 1. The second-order valence-electron chi connectivity index (χ2n) is 4.26. The third-order valence-corrected chi connectivity index (χ3v) is 3.99. The maximum atomic E-state index is 11.2. The molecular weight excluding hydrogens is 266 g/mol. The number of morpholine rings is 1. The molecule has 1 aromatic carbocycles. The van der Waals surface area contributed by atoms with E-state index in [4.69, 9.17) is 4.74 Å². The number of nitro groups is 1. The SMILES string of the molecule is O=[N+]([O-])c1cc2c(cc1N1CCOCC1)SC=CN2. The van der Waals surface area contributed by atoms with E-state index in [1.165, 1.54) is 0 Å². The zero-order chi connectivity index (χ0) is 13.2. The summed E-state index contributed by atoms with van der Waals surface area (Å²) in [6.45, 7) is 2.60. The molecule has 1 aromatic rings. The third-order valence-electron chi connectivity index (χ3n) is 3.13. The minimum atomic E-state index is -0.324. The van der Waals surface area contributed by atoms with Crippen LogP contribution in [0.2, 0.25) is 0 Å². The number of fused-ring (bicyclic) bond motifs is 1. The molecule has 6 nitrogen and oxygen atoms in total. The van der Waals surface area contributed by atoms with Crippen molar-refractivity contribution >= 4 is 28.8 Å². The first-order valence-corrected chi connectivity index (χ1v) is 6.87. The second-order valence-corrected chi connectivity index (χ2v) is 5.21. The third kappa shape index (κ3) is 2.39. The van der Waals surface area contributed by atoms with Gasteiger partial charge in [-0.1, -0.05) is 11.8 Å². The van der Waals surface area contributed by atoms with Gasteiger partial charge in [-0.05, 0) is 11.5 Å². The Kier molecular flexibility index (Phi) is 3.31. The van der Waals surface area contributed by atoms with E-state index in [-0.39, 0.29) is 10.6 Å². The van der Waals surface area contributed by atoms with Crippen molar-refractivity contribution < 1.29 is 9.66 Å². The van der Waals surface area contributed by atoms with E-state index in [0.717, 1.165) is 10.6 Å². The summed E-state index contributed by atoms with van der Waals surface area (Å²) in [7, 11) is 0. The quantitative estimate of drug-likeness (QED) is 0.662. The molecule has 0 unspecified atom stereocenters. The van der Waals surface area contributed by atoms with E-state index in [0.29, 0.717) is 32.0 Å². The van der Waals surface area contributed by atoms with E-state index >= 15 is 0 Å². The maximum Gasteiger partial charge on any atom is 0.294 e. The van der Waals surface area contributed by atoms with Crippen LogP contribution in [0.3, 0.4) is 0 Å². The number of nitro benzene ring substituents is 1. The Bertz CT molecular complexity index is 541. The van der Waals surface area contributed by atoms with Crippen LogP contribution in [-0.4, -0.2) is 31.2 Å². The van der Waals surface area contributed by atoms with Crippen molar-refractivity contribution in [1.82, 2.24) is 0 Å². The maximum absolute atomic E-state index is 11.2. The highest BCUT2D eigenvalue weighted by atomic mass is 32.2. The lowest BCUT2D eigenvalue weighted by Crippen LogP contribution is -2.36. The molecule has 0 bridgehead atoms. The number of rotatable bonds is 2. The summed E-state index contributed by atoms with van der Waals surface area (Å²) < 4.78 is 5.29. The van der Waals surface area contributed by atoms with Crippen molar-refractivity contribution in [3.63, 3.8) is 0 Å². The summed E-state index contributed by atoms with van der Waals surface area (Å²) in [5.74, 6) is 0. The predicted octanol–water partition coefficient (Wildman–Crippen LogP) is 2.42. The molecule has 0 saturated carbocycles. The summed E-state index contributed by atoms with van der Waals surface area (Å²) in [6.07, 6.45) is 1.78. The smallest absolute Gasteiger partial charge is 0.294 e. The van der Waals surface area contributed by atoms with Gasteiger partial charge in [0.2, 0.25) is 0 Å². The highest BCUT2D eigenvalue weighted by molar-refractivity contribution is 8.02. The predicted molar refractivity (Wildman–Crippen MR) is 74.7 cm³/mol. The van der Waals surface area contributed by atoms with Gasteiger partial charge >= 0.3 is 0 Å². The number of hydrogen-bond donors (Lipinski definition) is 1. The number of anilines is 2. The molecule has 0 radical (unpaired) electrons. The van der Waals surface area contributed by atoms with Crippen molar-refractivity contribution in [3.8, 4) is 0 Å². The number of benzene rings is 1. The molecule has 0 atom stereocenters. The van der Waals surface area contributed by atoms with Crippen LogP contribution < -0.4 is 10.2 Å². The van der Waals surface area contributed by atoms with Crippen LogP contribution in [0, 0.1) is 10.1 Å². The lowest BCUT2D eigenvalue weighted by atomic mass is 10.2. The van der Waals surface area contributed by atoms with E-state index in [2.05, 4.69) is 5.32 Å². The topological polar surface area (TPSA) is 67.6 Å². The van der Waals surface area contributed by atoms with Crippen LogP contribution in [0.25, 0.3) is 0 Å². The Morgan fingerprint density at radius 3 is 2.89 bits per heavy atom. The molecule has 19 heavy (non-hydrogen) atoms. The van der Waals surface area contributed by atoms with Crippen LogP contribution in [0.15, 0.2) is 28.6 Å². The first-order valence-electron chi connectivity index (χ1n) is 5.99. The monoisotopic (exact) mass is 279 g/mol. The fourth-order valence-corrected chi connectivity index (χ4v) is 2.91. The molecule has 2 heterocycles. The number of thioether (sulfide) groups is 1. The minimum absolute atomic E-state index is 0.143. The zero-order valence-electron chi connectivity index (χ0n) is 10.2. The summed E-state index contributed by atoms with van der Waals surface area (Å²) in [5.41, 5.74) is 1.61. The lowest BCUT2D eigenvalue weighted by molar-refractivity contribution is -0.384. The summed E-state index contributed by atoms with van der Waals surface area (Å²) >= 11 is 1.56. The number of nitrogens with one attached hydrogen (secondary N) is 1. The van der Waals surface area contributed by atoms with Gasteiger partial charge in [-0.2, -0.15) is 0 Å². The van der Waals surface area contributed by atoms with Crippen LogP contribution in [0.1, 0.15) is 0 Å². The minimum Gasteiger partial charge on any atom is -0.378 e.